The van der Waals surface area contributed by atoms with Crippen molar-refractivity contribution in [2.45, 2.75) is 47.6 Å². The number of rotatable bonds is 11. The van der Waals surface area contributed by atoms with Gasteiger partial charge in [0.15, 0.2) is 6.61 Å². The van der Waals surface area contributed by atoms with Crippen molar-refractivity contribution >= 4 is 23.9 Å². The first-order chi connectivity index (χ1) is 17.1. The van der Waals surface area contributed by atoms with Crippen LogP contribution in [-0.4, -0.2) is 59.6 Å². The van der Waals surface area contributed by atoms with Crippen LogP contribution in [-0.2, 0) is 19.1 Å². The van der Waals surface area contributed by atoms with E-state index in [9.17, 15) is 19.6 Å². The summed E-state index contributed by atoms with van der Waals surface area (Å²) in [7, 11) is 0. The van der Waals surface area contributed by atoms with Crippen LogP contribution in [0.15, 0.2) is 35.9 Å². The lowest BCUT2D eigenvalue weighted by Crippen LogP contribution is -2.44. The van der Waals surface area contributed by atoms with Crippen LogP contribution in [0.1, 0.15) is 44.6 Å². The predicted molar refractivity (Wildman–Crippen MR) is 136 cm³/mol. The molecule has 2 rings (SSSR count). The third kappa shape index (κ3) is 7.47. The summed E-state index contributed by atoms with van der Waals surface area (Å²) in [6.07, 6.45) is 1.45. The molecule has 0 aliphatic heterocycles. The summed E-state index contributed by atoms with van der Waals surface area (Å²) in [5, 5.41) is 12.3. The van der Waals surface area contributed by atoms with Gasteiger partial charge in [0.25, 0.3) is 5.91 Å². The number of aromatic nitrogens is 1. The zero-order chi connectivity index (χ0) is 26.8. The third-order valence-corrected chi connectivity index (χ3v) is 5.36. The zero-order valence-electron chi connectivity index (χ0n) is 21.8. The maximum Gasteiger partial charge on any atom is 0.349 e. The molecule has 0 saturated carbocycles. The van der Waals surface area contributed by atoms with Gasteiger partial charge in [-0.1, -0.05) is 0 Å². The number of nitrogens with one attached hydrogen (secondary N) is 1. The lowest BCUT2D eigenvalue weighted by atomic mass is 10.1. The maximum atomic E-state index is 12.5. The number of hydrogen-bond acceptors (Lipinski definition) is 6. The summed E-state index contributed by atoms with van der Waals surface area (Å²) in [5.41, 5.74) is 3.13. The van der Waals surface area contributed by atoms with Crippen LogP contribution in [0.5, 0.6) is 5.75 Å². The van der Waals surface area contributed by atoms with Crippen molar-refractivity contribution in [1.29, 1.82) is 5.26 Å². The van der Waals surface area contributed by atoms with Gasteiger partial charge in [-0.2, -0.15) is 5.26 Å². The molecule has 1 N–H and O–H groups in total. The molecule has 0 fully saturated rings. The Hall–Kier alpha value is -4.06. The molecule has 0 radical (unpaired) electrons. The third-order valence-electron chi connectivity index (χ3n) is 5.36. The lowest BCUT2D eigenvalue weighted by molar-refractivity contribution is -0.149. The fraction of sp³-hybridized carbons (Fsp3) is 0.407. The molecule has 9 heteroatoms. The number of esters is 1. The number of aryl methyl sites for hydroxylation is 1. The van der Waals surface area contributed by atoms with E-state index in [4.69, 9.17) is 9.47 Å². The predicted octanol–water partition coefficient (Wildman–Crippen LogP) is 3.32. The van der Waals surface area contributed by atoms with Gasteiger partial charge in [-0.25, -0.2) is 4.79 Å². The monoisotopic (exact) mass is 494 g/mol. The Morgan fingerprint density at radius 1 is 1.17 bits per heavy atom. The first-order valence-electron chi connectivity index (χ1n) is 11.9. The van der Waals surface area contributed by atoms with E-state index in [1.807, 2.05) is 75.6 Å². The molecule has 9 nitrogen and oxygen atoms in total. The molecule has 0 aliphatic carbocycles. The fourth-order valence-corrected chi connectivity index (χ4v) is 3.70. The highest BCUT2D eigenvalue weighted by molar-refractivity contribution is 5.99. The summed E-state index contributed by atoms with van der Waals surface area (Å²) < 4.78 is 12.6. The molecule has 1 heterocycles. The van der Waals surface area contributed by atoms with Crippen LogP contribution >= 0.6 is 0 Å². The Morgan fingerprint density at radius 3 is 2.39 bits per heavy atom. The summed E-state index contributed by atoms with van der Waals surface area (Å²) in [4.78, 5) is 38.2. The average Bonchev–Trinajstić information content (AvgIpc) is 3.11. The number of carbonyl (C=O) groups is 3. The number of amides is 2. The number of nitrogens with zero attached hydrogens (tertiary/aromatic N) is 3. The van der Waals surface area contributed by atoms with E-state index < -0.39 is 18.5 Å². The standard InChI is InChI=1S/C27H34N4O5/c1-7-30(16-25(32)29-18(3)4)26(33)17-36-27(34)22(15-28)14-21-13-19(5)31(20(21)6)23-9-11-24(12-10-23)35-8-2/h9-14,18H,7-8,16-17H2,1-6H3,(H,29,32)/b22-14+. The number of likely N-dealkylation sites (N-methyl/N-ethyl adjacent to an activating group) is 1. The molecule has 192 valence electrons. The first kappa shape index (κ1) is 28.2. The minimum atomic E-state index is -0.903. The van der Waals surface area contributed by atoms with Crippen molar-refractivity contribution in [2.75, 3.05) is 26.3 Å². The van der Waals surface area contributed by atoms with Gasteiger partial charge in [-0.3, -0.25) is 9.59 Å². The van der Waals surface area contributed by atoms with Crippen LogP contribution in [0.4, 0.5) is 0 Å². The molecule has 0 aliphatic rings. The van der Waals surface area contributed by atoms with E-state index in [0.29, 0.717) is 12.2 Å². The van der Waals surface area contributed by atoms with E-state index in [2.05, 4.69) is 5.32 Å². The molecule has 0 saturated heterocycles. The molecular weight excluding hydrogens is 460 g/mol. The highest BCUT2D eigenvalue weighted by Gasteiger charge is 2.20. The van der Waals surface area contributed by atoms with E-state index in [-0.39, 0.29) is 30.6 Å². The Labute approximate surface area is 212 Å². The van der Waals surface area contributed by atoms with Crippen LogP contribution in [0.25, 0.3) is 11.8 Å². The summed E-state index contributed by atoms with van der Waals surface area (Å²) in [6.45, 7) is 11.3. The van der Waals surface area contributed by atoms with Gasteiger partial charge in [-0.05, 0) is 83.5 Å². The summed E-state index contributed by atoms with van der Waals surface area (Å²) in [5.74, 6) is -0.947. The SMILES string of the molecule is CCOc1ccc(-n2c(C)cc(/C=C(\C#N)C(=O)OCC(=O)N(CC)CC(=O)NC(C)C)c2C)cc1. The first-order valence-corrected chi connectivity index (χ1v) is 11.9. The summed E-state index contributed by atoms with van der Waals surface area (Å²) in [6, 6.07) is 11.3. The van der Waals surface area contributed by atoms with Gasteiger partial charge >= 0.3 is 5.97 Å². The van der Waals surface area contributed by atoms with E-state index in [1.165, 1.54) is 11.0 Å². The largest absolute Gasteiger partial charge is 0.494 e. The molecule has 0 unspecified atom stereocenters. The Morgan fingerprint density at radius 2 is 1.83 bits per heavy atom. The van der Waals surface area contributed by atoms with Gasteiger partial charge in [0.2, 0.25) is 5.91 Å². The molecule has 2 aromatic rings. The second-order valence-corrected chi connectivity index (χ2v) is 8.46. The average molecular weight is 495 g/mol. The fourth-order valence-electron chi connectivity index (χ4n) is 3.70. The van der Waals surface area contributed by atoms with Crippen LogP contribution in [0.3, 0.4) is 0 Å². The number of ether oxygens (including phenoxy) is 2. The number of benzene rings is 1. The Kier molecular flexibility index (Phi) is 10.3. The minimum Gasteiger partial charge on any atom is -0.494 e. The van der Waals surface area contributed by atoms with Crippen molar-refractivity contribution in [3.63, 3.8) is 0 Å². The molecule has 0 bridgehead atoms. The highest BCUT2D eigenvalue weighted by Crippen LogP contribution is 2.24. The van der Waals surface area contributed by atoms with Crippen LogP contribution in [0, 0.1) is 25.2 Å². The molecular formula is C27H34N4O5. The normalized spacial score (nSPS) is 11.1. The summed E-state index contributed by atoms with van der Waals surface area (Å²) >= 11 is 0. The van der Waals surface area contributed by atoms with Crippen LogP contribution < -0.4 is 10.1 Å². The number of carbonyl (C=O) groups excluding carboxylic acids is 3. The minimum absolute atomic E-state index is 0.0520. The van der Waals surface area contributed by atoms with Crippen molar-refractivity contribution in [3.05, 3.63) is 52.9 Å². The second kappa shape index (κ2) is 13.1. The lowest BCUT2D eigenvalue weighted by Gasteiger charge is -2.20. The molecule has 1 aromatic heterocycles. The molecule has 0 spiro atoms. The van der Waals surface area contributed by atoms with Gasteiger partial charge in [0.1, 0.15) is 17.4 Å². The quantitative estimate of drug-likeness (QED) is 0.291. The smallest absolute Gasteiger partial charge is 0.349 e. The zero-order valence-corrected chi connectivity index (χ0v) is 21.8. The maximum absolute atomic E-state index is 12.5. The van der Waals surface area contributed by atoms with Gasteiger partial charge in [0.05, 0.1) is 13.2 Å². The number of hydrogen-bond donors (Lipinski definition) is 1. The molecule has 2 amide bonds. The Balaban J connectivity index is 2.13. The van der Waals surface area contributed by atoms with Crippen molar-refractivity contribution in [2.24, 2.45) is 0 Å². The highest BCUT2D eigenvalue weighted by atomic mass is 16.5. The van der Waals surface area contributed by atoms with Crippen LogP contribution in [0.2, 0.25) is 0 Å². The molecule has 1 aromatic carbocycles. The van der Waals surface area contributed by atoms with Gasteiger partial charge in [-0.15, -0.1) is 0 Å². The van der Waals surface area contributed by atoms with Gasteiger partial charge < -0.3 is 24.3 Å². The molecule has 36 heavy (non-hydrogen) atoms. The van der Waals surface area contributed by atoms with E-state index >= 15 is 0 Å². The topological polar surface area (TPSA) is 114 Å². The van der Waals surface area contributed by atoms with Crippen molar-refractivity contribution < 1.29 is 23.9 Å². The van der Waals surface area contributed by atoms with Crippen molar-refractivity contribution in [1.82, 2.24) is 14.8 Å². The number of nitriles is 1. The van der Waals surface area contributed by atoms with E-state index in [0.717, 1.165) is 22.8 Å². The molecule has 0 atom stereocenters. The van der Waals surface area contributed by atoms with E-state index in [1.54, 1.807) is 6.92 Å². The van der Waals surface area contributed by atoms with Gasteiger partial charge in [0, 0.05) is 29.7 Å². The van der Waals surface area contributed by atoms with Crippen molar-refractivity contribution in [3.8, 4) is 17.5 Å². The second-order valence-electron chi connectivity index (χ2n) is 8.46. The Bertz CT molecular complexity index is 1160.